The summed E-state index contributed by atoms with van der Waals surface area (Å²) >= 11 is 5.95. The molecule has 0 bridgehead atoms. The molecule has 4 aromatic rings. The molecule has 0 aliphatic heterocycles. The molecule has 4 rings (SSSR count). The molecule has 0 radical (unpaired) electrons. The van der Waals surface area contributed by atoms with Crippen molar-refractivity contribution in [1.82, 2.24) is 20.4 Å². The molecule has 0 unspecified atom stereocenters. The number of nitrogens with one attached hydrogen (secondary N) is 1. The van der Waals surface area contributed by atoms with Crippen molar-refractivity contribution in [3.8, 4) is 22.6 Å². The zero-order valence-electron chi connectivity index (χ0n) is 17.2. The minimum absolute atomic E-state index is 0.274. The second kappa shape index (κ2) is 8.70. The fraction of sp³-hybridized carbons (Fsp3) is 0.167. The van der Waals surface area contributed by atoms with Crippen molar-refractivity contribution in [3.63, 3.8) is 0 Å². The van der Waals surface area contributed by atoms with Crippen LogP contribution in [0.4, 0.5) is 0 Å². The monoisotopic (exact) mass is 432 g/mol. The van der Waals surface area contributed by atoms with Crippen LogP contribution in [-0.4, -0.2) is 26.6 Å². The Kier molecular flexibility index (Phi) is 5.82. The van der Waals surface area contributed by atoms with E-state index in [4.69, 9.17) is 16.1 Å². The average Bonchev–Trinajstić information content (AvgIpc) is 3.22. The van der Waals surface area contributed by atoms with Crippen LogP contribution < -0.4 is 5.32 Å². The number of hydrogen-bond acceptors (Lipinski definition) is 5. The van der Waals surface area contributed by atoms with Crippen LogP contribution in [0.25, 0.3) is 22.6 Å². The second-order valence-electron chi connectivity index (χ2n) is 7.81. The Morgan fingerprint density at radius 3 is 2.42 bits per heavy atom. The number of aromatic nitrogens is 3. The number of rotatable bonds is 6. The minimum atomic E-state index is -0.616. The van der Waals surface area contributed by atoms with E-state index < -0.39 is 5.54 Å². The molecular formula is C24H21ClN4O2. The van der Waals surface area contributed by atoms with Crippen LogP contribution >= 0.6 is 11.6 Å². The van der Waals surface area contributed by atoms with Crippen LogP contribution in [0, 0.1) is 0 Å². The molecule has 0 fully saturated rings. The highest BCUT2D eigenvalue weighted by molar-refractivity contribution is 6.30. The summed E-state index contributed by atoms with van der Waals surface area (Å²) in [4.78, 5) is 21.8. The Morgan fingerprint density at radius 2 is 1.68 bits per heavy atom. The van der Waals surface area contributed by atoms with Crippen molar-refractivity contribution in [2.75, 3.05) is 0 Å². The fourth-order valence-corrected chi connectivity index (χ4v) is 3.29. The molecule has 2 heterocycles. The maximum Gasteiger partial charge on any atom is 0.270 e. The first-order chi connectivity index (χ1) is 14.9. The van der Waals surface area contributed by atoms with Gasteiger partial charge in [0, 0.05) is 28.1 Å². The predicted molar refractivity (Wildman–Crippen MR) is 120 cm³/mol. The highest BCUT2D eigenvalue weighted by Crippen LogP contribution is 2.21. The first-order valence-electron chi connectivity index (χ1n) is 9.83. The molecule has 1 N–H and O–H groups in total. The van der Waals surface area contributed by atoms with Gasteiger partial charge in [-0.05, 0) is 38.1 Å². The van der Waals surface area contributed by atoms with Crippen molar-refractivity contribution in [1.29, 1.82) is 0 Å². The largest absolute Gasteiger partial charge is 0.345 e. The Labute approximate surface area is 185 Å². The summed E-state index contributed by atoms with van der Waals surface area (Å²) < 4.78 is 5.39. The third-order valence-corrected chi connectivity index (χ3v) is 4.92. The van der Waals surface area contributed by atoms with Crippen molar-refractivity contribution < 1.29 is 9.32 Å². The number of benzene rings is 2. The first kappa shape index (κ1) is 20.8. The van der Waals surface area contributed by atoms with Crippen molar-refractivity contribution in [3.05, 3.63) is 89.4 Å². The van der Waals surface area contributed by atoms with E-state index in [0.717, 1.165) is 11.1 Å². The predicted octanol–water partition coefficient (Wildman–Crippen LogP) is 5.20. The molecule has 0 spiro atoms. The third kappa shape index (κ3) is 5.16. The van der Waals surface area contributed by atoms with Crippen LogP contribution in [0.2, 0.25) is 5.02 Å². The van der Waals surface area contributed by atoms with Gasteiger partial charge in [0.1, 0.15) is 5.69 Å². The van der Waals surface area contributed by atoms with Gasteiger partial charge in [0.05, 0.1) is 5.69 Å². The number of carbonyl (C=O) groups is 1. The van der Waals surface area contributed by atoms with E-state index in [-0.39, 0.29) is 5.91 Å². The summed E-state index contributed by atoms with van der Waals surface area (Å²) in [6.07, 6.45) is 0.384. The minimum Gasteiger partial charge on any atom is -0.345 e. The van der Waals surface area contributed by atoms with Crippen LogP contribution in [-0.2, 0) is 6.42 Å². The lowest BCUT2D eigenvalue weighted by Crippen LogP contribution is -2.45. The quantitative estimate of drug-likeness (QED) is 0.452. The summed E-state index contributed by atoms with van der Waals surface area (Å²) in [6, 6.07) is 22.3. The van der Waals surface area contributed by atoms with Gasteiger partial charge in [-0.3, -0.25) is 4.79 Å². The highest BCUT2D eigenvalue weighted by atomic mass is 35.5. The summed E-state index contributed by atoms with van der Waals surface area (Å²) in [5.41, 5.74) is 2.18. The molecule has 0 aliphatic carbocycles. The molecule has 7 heteroatoms. The van der Waals surface area contributed by atoms with Gasteiger partial charge in [0.25, 0.3) is 5.91 Å². The lowest BCUT2D eigenvalue weighted by molar-refractivity contribution is 0.0904. The third-order valence-electron chi connectivity index (χ3n) is 4.67. The second-order valence-corrected chi connectivity index (χ2v) is 8.24. The lowest BCUT2D eigenvalue weighted by Gasteiger charge is -2.24. The lowest BCUT2D eigenvalue weighted by atomic mass is 10.0. The van der Waals surface area contributed by atoms with E-state index in [1.165, 1.54) is 0 Å². The van der Waals surface area contributed by atoms with E-state index in [0.29, 0.717) is 34.5 Å². The smallest absolute Gasteiger partial charge is 0.270 e. The Balaban J connectivity index is 1.46. The van der Waals surface area contributed by atoms with Gasteiger partial charge in [0.2, 0.25) is 11.7 Å². The van der Waals surface area contributed by atoms with Crippen LogP contribution in [0.15, 0.2) is 77.3 Å². The van der Waals surface area contributed by atoms with Gasteiger partial charge in [0.15, 0.2) is 0 Å². The van der Waals surface area contributed by atoms with Gasteiger partial charge < -0.3 is 9.84 Å². The Morgan fingerprint density at radius 1 is 0.935 bits per heavy atom. The van der Waals surface area contributed by atoms with Gasteiger partial charge in [-0.25, -0.2) is 4.98 Å². The molecule has 31 heavy (non-hydrogen) atoms. The number of pyridine rings is 1. The van der Waals surface area contributed by atoms with Crippen molar-refractivity contribution >= 4 is 17.5 Å². The average molecular weight is 433 g/mol. The maximum atomic E-state index is 12.9. The standard InChI is InChI=1S/C24H21ClN4O2/c1-24(2,15-21-27-22(29-31-21)17-7-4-3-5-8-17)28-23(30)20-10-6-9-19(26-20)16-11-13-18(25)14-12-16/h3-14H,15H2,1-2H3,(H,28,30). The maximum absolute atomic E-state index is 12.9. The summed E-state index contributed by atoms with van der Waals surface area (Å²) in [5.74, 6) is 0.700. The van der Waals surface area contributed by atoms with Crippen molar-refractivity contribution in [2.24, 2.45) is 0 Å². The van der Waals surface area contributed by atoms with E-state index in [1.54, 1.807) is 18.2 Å². The van der Waals surface area contributed by atoms with Gasteiger partial charge >= 0.3 is 0 Å². The van der Waals surface area contributed by atoms with Crippen LogP contribution in [0.5, 0.6) is 0 Å². The number of carbonyl (C=O) groups excluding carboxylic acids is 1. The topological polar surface area (TPSA) is 80.9 Å². The summed E-state index contributed by atoms with van der Waals surface area (Å²) in [6.45, 7) is 3.81. The van der Waals surface area contributed by atoms with E-state index in [9.17, 15) is 4.79 Å². The van der Waals surface area contributed by atoms with E-state index in [2.05, 4.69) is 20.4 Å². The summed E-state index contributed by atoms with van der Waals surface area (Å²) in [5, 5.41) is 7.70. The van der Waals surface area contributed by atoms with Gasteiger partial charge in [-0.1, -0.05) is 65.3 Å². The van der Waals surface area contributed by atoms with Gasteiger partial charge in [-0.2, -0.15) is 4.98 Å². The van der Waals surface area contributed by atoms with Crippen molar-refractivity contribution in [2.45, 2.75) is 25.8 Å². The highest BCUT2D eigenvalue weighted by Gasteiger charge is 2.25. The molecule has 156 valence electrons. The molecule has 0 saturated heterocycles. The van der Waals surface area contributed by atoms with E-state index in [1.807, 2.05) is 68.4 Å². The molecule has 6 nitrogen and oxygen atoms in total. The zero-order chi connectivity index (χ0) is 21.8. The molecule has 2 aromatic carbocycles. The molecule has 0 saturated carbocycles. The fourth-order valence-electron chi connectivity index (χ4n) is 3.17. The zero-order valence-corrected chi connectivity index (χ0v) is 17.9. The van der Waals surface area contributed by atoms with Gasteiger partial charge in [-0.15, -0.1) is 0 Å². The molecule has 2 aromatic heterocycles. The molecule has 0 aliphatic rings. The number of nitrogens with zero attached hydrogens (tertiary/aromatic N) is 3. The number of amides is 1. The Hall–Kier alpha value is -3.51. The molecular weight excluding hydrogens is 412 g/mol. The number of hydrogen-bond donors (Lipinski definition) is 1. The SMILES string of the molecule is CC(C)(Cc1nc(-c2ccccc2)no1)NC(=O)c1cccc(-c2ccc(Cl)cc2)n1. The van der Waals surface area contributed by atoms with E-state index >= 15 is 0 Å². The molecule has 1 amide bonds. The summed E-state index contributed by atoms with van der Waals surface area (Å²) in [7, 11) is 0. The first-order valence-corrected chi connectivity index (χ1v) is 10.2. The number of halogens is 1. The van der Waals surface area contributed by atoms with Crippen LogP contribution in [0.1, 0.15) is 30.2 Å². The Bertz CT molecular complexity index is 1190. The van der Waals surface area contributed by atoms with Crippen LogP contribution in [0.3, 0.4) is 0 Å². The normalized spacial score (nSPS) is 11.3. The molecule has 0 atom stereocenters.